The minimum atomic E-state index is -0.247. The Bertz CT molecular complexity index is 334. The summed E-state index contributed by atoms with van der Waals surface area (Å²) >= 11 is 3.14. The van der Waals surface area contributed by atoms with Gasteiger partial charge in [-0.2, -0.15) is 0 Å². The van der Waals surface area contributed by atoms with Crippen LogP contribution in [-0.4, -0.2) is 6.61 Å². The van der Waals surface area contributed by atoms with E-state index in [0.29, 0.717) is 10.4 Å². The zero-order valence-corrected chi connectivity index (χ0v) is 10.1. The molecule has 3 heteroatoms. The Hall–Kier alpha value is -0.570. The van der Waals surface area contributed by atoms with Crippen molar-refractivity contribution in [2.45, 2.75) is 25.7 Å². The number of hydrogen-bond donors (Lipinski definition) is 0. The van der Waals surface area contributed by atoms with E-state index in [2.05, 4.69) is 15.9 Å². The Balaban J connectivity index is 1.90. The van der Waals surface area contributed by atoms with E-state index in [-0.39, 0.29) is 5.82 Å². The van der Waals surface area contributed by atoms with E-state index >= 15 is 0 Å². The van der Waals surface area contributed by atoms with E-state index in [1.165, 1.54) is 31.7 Å². The second-order valence-electron chi connectivity index (χ2n) is 4.04. The van der Waals surface area contributed by atoms with Gasteiger partial charge >= 0.3 is 0 Å². The largest absolute Gasteiger partial charge is 0.493 e. The number of hydrogen-bond acceptors (Lipinski definition) is 1. The van der Waals surface area contributed by atoms with E-state index < -0.39 is 0 Å². The first kappa shape index (κ1) is 10.9. The van der Waals surface area contributed by atoms with Gasteiger partial charge in [0.05, 0.1) is 11.1 Å². The summed E-state index contributed by atoms with van der Waals surface area (Å²) in [6.07, 6.45) is 5.17. The van der Waals surface area contributed by atoms with Crippen molar-refractivity contribution in [3.63, 3.8) is 0 Å². The van der Waals surface area contributed by atoms with Crippen LogP contribution in [0.25, 0.3) is 0 Å². The molecule has 1 nitrogen and oxygen atoms in total. The molecule has 0 aromatic heterocycles. The molecule has 1 saturated carbocycles. The molecule has 2 rings (SSSR count). The molecule has 1 aliphatic carbocycles. The maximum Gasteiger partial charge on any atom is 0.137 e. The van der Waals surface area contributed by atoms with Gasteiger partial charge in [0.2, 0.25) is 0 Å². The van der Waals surface area contributed by atoms with E-state index in [1.54, 1.807) is 12.1 Å². The quantitative estimate of drug-likeness (QED) is 0.803. The summed E-state index contributed by atoms with van der Waals surface area (Å²) in [5, 5.41) is 0. The summed E-state index contributed by atoms with van der Waals surface area (Å²) in [4.78, 5) is 0. The molecule has 0 saturated heterocycles. The van der Waals surface area contributed by atoms with Crippen molar-refractivity contribution < 1.29 is 9.13 Å². The highest BCUT2D eigenvalue weighted by molar-refractivity contribution is 9.10. The van der Waals surface area contributed by atoms with Crippen molar-refractivity contribution in [3.8, 4) is 5.75 Å². The fourth-order valence-corrected chi connectivity index (χ4v) is 2.32. The lowest BCUT2D eigenvalue weighted by Gasteiger charge is -2.11. The molecule has 0 radical (unpaired) electrons. The SMILES string of the molecule is Fc1ccc(OCC2CCCC2)cc1Br. The number of benzene rings is 1. The molecule has 0 aliphatic heterocycles. The molecule has 15 heavy (non-hydrogen) atoms. The summed E-state index contributed by atoms with van der Waals surface area (Å²) in [7, 11) is 0. The van der Waals surface area contributed by atoms with Gasteiger partial charge in [0.15, 0.2) is 0 Å². The maximum atomic E-state index is 12.9. The lowest BCUT2D eigenvalue weighted by Crippen LogP contribution is -2.07. The minimum Gasteiger partial charge on any atom is -0.493 e. The molecule has 0 bridgehead atoms. The van der Waals surface area contributed by atoms with Crippen molar-refractivity contribution in [3.05, 3.63) is 28.5 Å². The average molecular weight is 273 g/mol. The predicted molar refractivity (Wildman–Crippen MR) is 61.6 cm³/mol. The van der Waals surface area contributed by atoms with Gasteiger partial charge in [-0.1, -0.05) is 12.8 Å². The summed E-state index contributed by atoms with van der Waals surface area (Å²) in [5.74, 6) is 1.19. The van der Waals surface area contributed by atoms with Crippen LogP contribution in [0.3, 0.4) is 0 Å². The molecule has 0 amide bonds. The lowest BCUT2D eigenvalue weighted by atomic mass is 10.1. The first-order chi connectivity index (χ1) is 7.25. The van der Waals surface area contributed by atoms with Crippen molar-refractivity contribution >= 4 is 15.9 Å². The molecule has 1 aromatic rings. The van der Waals surface area contributed by atoms with Crippen LogP contribution in [0.4, 0.5) is 4.39 Å². The van der Waals surface area contributed by atoms with Crippen LogP contribution >= 0.6 is 15.9 Å². The van der Waals surface area contributed by atoms with Crippen molar-refractivity contribution in [2.24, 2.45) is 5.92 Å². The normalized spacial score (nSPS) is 16.9. The molecule has 1 fully saturated rings. The summed E-state index contributed by atoms with van der Waals surface area (Å²) in [6, 6.07) is 4.79. The highest BCUT2D eigenvalue weighted by Gasteiger charge is 2.15. The van der Waals surface area contributed by atoms with Gasteiger partial charge in [-0.05, 0) is 52.9 Å². The Morgan fingerprint density at radius 2 is 2.07 bits per heavy atom. The second-order valence-corrected chi connectivity index (χ2v) is 4.89. The van der Waals surface area contributed by atoms with Crippen LogP contribution in [0.15, 0.2) is 22.7 Å². The Morgan fingerprint density at radius 3 is 2.73 bits per heavy atom. The summed E-state index contributed by atoms with van der Waals surface area (Å²) in [6.45, 7) is 0.762. The molecule has 0 spiro atoms. The van der Waals surface area contributed by atoms with E-state index in [9.17, 15) is 4.39 Å². The Kier molecular flexibility index (Phi) is 3.62. The van der Waals surface area contributed by atoms with Crippen molar-refractivity contribution in [1.29, 1.82) is 0 Å². The smallest absolute Gasteiger partial charge is 0.137 e. The minimum absolute atomic E-state index is 0.247. The monoisotopic (exact) mass is 272 g/mol. The number of ether oxygens (including phenoxy) is 1. The summed E-state index contributed by atoms with van der Waals surface area (Å²) < 4.78 is 19.0. The Labute approximate surface area is 97.8 Å². The Morgan fingerprint density at radius 1 is 1.33 bits per heavy atom. The third-order valence-corrected chi connectivity index (χ3v) is 3.46. The van der Waals surface area contributed by atoms with Gasteiger partial charge in [-0.25, -0.2) is 4.39 Å². The highest BCUT2D eigenvalue weighted by atomic mass is 79.9. The molecule has 0 N–H and O–H groups in total. The second kappa shape index (κ2) is 4.97. The van der Waals surface area contributed by atoms with E-state index in [0.717, 1.165) is 12.4 Å². The number of rotatable bonds is 3. The van der Waals surface area contributed by atoms with Gasteiger partial charge in [0.1, 0.15) is 11.6 Å². The van der Waals surface area contributed by atoms with E-state index in [4.69, 9.17) is 4.74 Å². The van der Waals surface area contributed by atoms with Gasteiger partial charge in [-0.3, -0.25) is 0 Å². The fraction of sp³-hybridized carbons (Fsp3) is 0.500. The topological polar surface area (TPSA) is 9.23 Å². The zero-order chi connectivity index (χ0) is 10.7. The molecule has 0 heterocycles. The molecular formula is C12H14BrFO. The van der Waals surface area contributed by atoms with Crippen LogP contribution in [0.1, 0.15) is 25.7 Å². The lowest BCUT2D eigenvalue weighted by molar-refractivity contribution is 0.251. The molecular weight excluding hydrogens is 259 g/mol. The molecule has 1 aliphatic rings. The number of halogens is 2. The van der Waals surface area contributed by atoms with Crippen LogP contribution in [-0.2, 0) is 0 Å². The first-order valence-corrected chi connectivity index (χ1v) is 6.13. The third kappa shape index (κ3) is 2.94. The third-order valence-electron chi connectivity index (χ3n) is 2.85. The summed E-state index contributed by atoms with van der Waals surface area (Å²) in [5.41, 5.74) is 0. The van der Waals surface area contributed by atoms with Gasteiger partial charge < -0.3 is 4.74 Å². The van der Waals surface area contributed by atoms with Crippen molar-refractivity contribution in [1.82, 2.24) is 0 Å². The molecule has 0 atom stereocenters. The van der Waals surface area contributed by atoms with Crippen LogP contribution in [0, 0.1) is 11.7 Å². The zero-order valence-electron chi connectivity index (χ0n) is 8.51. The van der Waals surface area contributed by atoms with Crippen molar-refractivity contribution in [2.75, 3.05) is 6.61 Å². The maximum absolute atomic E-state index is 12.9. The van der Waals surface area contributed by atoms with Gasteiger partial charge in [0.25, 0.3) is 0 Å². The van der Waals surface area contributed by atoms with Gasteiger partial charge in [0, 0.05) is 0 Å². The fourth-order valence-electron chi connectivity index (χ4n) is 1.96. The standard InChI is InChI=1S/C12H14BrFO/c13-11-7-10(5-6-12(11)14)15-8-9-3-1-2-4-9/h5-7,9H,1-4,8H2. The molecule has 82 valence electrons. The van der Waals surface area contributed by atoms with Crippen LogP contribution in [0.2, 0.25) is 0 Å². The highest BCUT2D eigenvalue weighted by Crippen LogP contribution is 2.27. The van der Waals surface area contributed by atoms with Crippen LogP contribution in [0.5, 0.6) is 5.75 Å². The first-order valence-electron chi connectivity index (χ1n) is 5.33. The molecule has 0 unspecified atom stereocenters. The molecule has 1 aromatic carbocycles. The van der Waals surface area contributed by atoms with Gasteiger partial charge in [-0.15, -0.1) is 0 Å². The average Bonchev–Trinajstić information content (AvgIpc) is 2.73. The van der Waals surface area contributed by atoms with Crippen LogP contribution < -0.4 is 4.74 Å². The van der Waals surface area contributed by atoms with E-state index in [1.807, 2.05) is 0 Å². The predicted octanol–water partition coefficient (Wildman–Crippen LogP) is 4.16.